The topological polar surface area (TPSA) is 40.5 Å². The molecule has 0 saturated carbocycles. The van der Waals surface area contributed by atoms with Crippen molar-refractivity contribution < 1.29 is 9.90 Å². The van der Waals surface area contributed by atoms with E-state index in [4.69, 9.17) is 23.8 Å². The fourth-order valence-corrected chi connectivity index (χ4v) is 3.82. The third-order valence-corrected chi connectivity index (χ3v) is 4.66. The van der Waals surface area contributed by atoms with Crippen LogP contribution in [0.25, 0.3) is 6.08 Å². The van der Waals surface area contributed by atoms with Crippen LogP contribution >= 0.6 is 51.5 Å². The minimum Gasteiger partial charge on any atom is -0.506 e. The van der Waals surface area contributed by atoms with Crippen molar-refractivity contribution in [2.75, 3.05) is 6.54 Å². The van der Waals surface area contributed by atoms with Crippen LogP contribution in [0.5, 0.6) is 5.75 Å². The van der Waals surface area contributed by atoms with Crippen LogP contribution in [-0.2, 0) is 4.79 Å². The summed E-state index contributed by atoms with van der Waals surface area (Å²) in [6.45, 7) is 2.40. The summed E-state index contributed by atoms with van der Waals surface area (Å²) in [5, 5.41) is 10.1. The number of amides is 1. The van der Waals surface area contributed by atoms with Gasteiger partial charge in [0.25, 0.3) is 5.91 Å². The average molecular weight is 379 g/mol. The highest BCUT2D eigenvalue weighted by molar-refractivity contribution is 9.10. The van der Waals surface area contributed by atoms with Crippen LogP contribution in [0, 0.1) is 0 Å². The zero-order valence-corrected chi connectivity index (χ0v) is 13.8. The van der Waals surface area contributed by atoms with Crippen LogP contribution in [0.4, 0.5) is 0 Å². The minimum absolute atomic E-state index is 0.0494. The van der Waals surface area contributed by atoms with E-state index in [0.717, 1.165) is 4.47 Å². The number of aromatic hydroxyl groups is 1. The third kappa shape index (κ3) is 2.97. The largest absolute Gasteiger partial charge is 0.506 e. The Hall–Kier alpha value is -0.560. The van der Waals surface area contributed by atoms with Crippen molar-refractivity contribution in [1.29, 1.82) is 0 Å². The molecule has 100 valence electrons. The normalized spacial score (nSPS) is 17.6. The Morgan fingerprint density at radius 1 is 1.58 bits per heavy atom. The number of hydrogen-bond donors (Lipinski definition) is 1. The summed E-state index contributed by atoms with van der Waals surface area (Å²) < 4.78 is 1.26. The quantitative estimate of drug-likeness (QED) is 0.623. The molecule has 1 aromatic rings. The standard InChI is InChI=1S/C12H9BrClNO2S2/c1-2-15-11(17)9(19-12(15)18)4-6-3-7(13)5-8(14)10(6)16/h3-5,16H,2H2,1H3. The molecule has 0 bridgehead atoms. The first-order chi connectivity index (χ1) is 8.93. The Labute approximate surface area is 133 Å². The first-order valence-corrected chi connectivity index (χ1v) is 7.77. The first-order valence-electron chi connectivity index (χ1n) is 5.37. The molecule has 1 aliphatic rings. The first kappa shape index (κ1) is 14.8. The van der Waals surface area contributed by atoms with Crippen molar-refractivity contribution in [3.8, 4) is 5.75 Å². The molecular formula is C12H9BrClNO2S2. The molecule has 2 rings (SSSR count). The Morgan fingerprint density at radius 2 is 2.26 bits per heavy atom. The number of carbonyl (C=O) groups is 1. The Kier molecular flexibility index (Phi) is 4.55. The third-order valence-electron chi connectivity index (χ3n) is 2.53. The number of phenols is 1. The molecule has 1 aromatic carbocycles. The van der Waals surface area contributed by atoms with E-state index < -0.39 is 0 Å². The summed E-state index contributed by atoms with van der Waals surface area (Å²) in [4.78, 5) is 14.1. The van der Waals surface area contributed by atoms with Gasteiger partial charge in [0, 0.05) is 16.6 Å². The number of rotatable bonds is 2. The summed E-state index contributed by atoms with van der Waals surface area (Å²) in [6, 6.07) is 3.28. The number of halogens is 2. The number of likely N-dealkylation sites (N-methyl/N-ethyl adjacent to an activating group) is 1. The van der Waals surface area contributed by atoms with Crippen LogP contribution < -0.4 is 0 Å². The molecule has 0 aromatic heterocycles. The van der Waals surface area contributed by atoms with Gasteiger partial charge in [-0.15, -0.1) is 0 Å². The smallest absolute Gasteiger partial charge is 0.266 e. The van der Waals surface area contributed by atoms with E-state index in [1.54, 1.807) is 18.2 Å². The number of benzene rings is 1. The van der Waals surface area contributed by atoms with Crippen molar-refractivity contribution in [3.05, 3.63) is 32.1 Å². The van der Waals surface area contributed by atoms with Gasteiger partial charge in [0.1, 0.15) is 10.1 Å². The van der Waals surface area contributed by atoms with Crippen molar-refractivity contribution in [1.82, 2.24) is 4.90 Å². The SMILES string of the molecule is CCN1C(=O)C(=Cc2cc(Br)cc(Cl)c2O)SC1=S. The van der Waals surface area contributed by atoms with E-state index >= 15 is 0 Å². The lowest BCUT2D eigenvalue weighted by atomic mass is 10.2. The predicted molar refractivity (Wildman–Crippen MR) is 86.4 cm³/mol. The molecule has 0 atom stereocenters. The van der Waals surface area contributed by atoms with Gasteiger partial charge in [-0.1, -0.05) is 51.5 Å². The molecule has 1 heterocycles. The van der Waals surface area contributed by atoms with Gasteiger partial charge >= 0.3 is 0 Å². The van der Waals surface area contributed by atoms with Gasteiger partial charge in [0.2, 0.25) is 0 Å². The van der Waals surface area contributed by atoms with Crippen molar-refractivity contribution in [2.24, 2.45) is 0 Å². The summed E-state index contributed by atoms with van der Waals surface area (Å²) in [5.74, 6) is -0.195. The molecule has 1 N–H and O–H groups in total. The van der Waals surface area contributed by atoms with E-state index in [0.29, 0.717) is 21.3 Å². The second-order valence-electron chi connectivity index (χ2n) is 3.75. The lowest BCUT2D eigenvalue weighted by Crippen LogP contribution is -2.27. The molecule has 0 radical (unpaired) electrons. The van der Waals surface area contributed by atoms with Gasteiger partial charge in [-0.05, 0) is 25.1 Å². The number of carbonyl (C=O) groups excluding carboxylic acids is 1. The monoisotopic (exact) mass is 377 g/mol. The van der Waals surface area contributed by atoms with Crippen molar-refractivity contribution in [3.63, 3.8) is 0 Å². The molecule has 0 aliphatic carbocycles. The van der Waals surface area contributed by atoms with Crippen LogP contribution in [0.2, 0.25) is 5.02 Å². The van der Waals surface area contributed by atoms with Crippen LogP contribution in [0.3, 0.4) is 0 Å². The molecule has 1 saturated heterocycles. The number of nitrogens with zero attached hydrogens (tertiary/aromatic N) is 1. The molecule has 1 aliphatic heterocycles. The Balaban J connectivity index is 2.43. The maximum Gasteiger partial charge on any atom is 0.266 e. The maximum atomic E-state index is 12.1. The molecule has 7 heteroatoms. The van der Waals surface area contributed by atoms with Crippen molar-refractivity contribution >= 4 is 67.8 Å². The molecule has 0 unspecified atom stereocenters. The molecule has 19 heavy (non-hydrogen) atoms. The molecular weight excluding hydrogens is 370 g/mol. The molecule has 1 amide bonds. The summed E-state index contributed by atoms with van der Waals surface area (Å²) in [6.07, 6.45) is 1.60. The zero-order valence-electron chi connectivity index (χ0n) is 9.81. The van der Waals surface area contributed by atoms with Crippen LogP contribution in [0.1, 0.15) is 12.5 Å². The second kappa shape index (κ2) is 5.83. The molecule has 1 fully saturated rings. The number of thiocarbonyl (C=S) groups is 1. The number of hydrogen-bond acceptors (Lipinski definition) is 4. The average Bonchev–Trinajstić information content (AvgIpc) is 2.60. The van der Waals surface area contributed by atoms with E-state index in [2.05, 4.69) is 15.9 Å². The lowest BCUT2D eigenvalue weighted by molar-refractivity contribution is -0.121. The zero-order chi connectivity index (χ0) is 14.2. The fraction of sp³-hybridized carbons (Fsp3) is 0.167. The van der Waals surface area contributed by atoms with Crippen molar-refractivity contribution in [2.45, 2.75) is 6.92 Å². The van der Waals surface area contributed by atoms with Crippen LogP contribution in [-0.4, -0.2) is 26.8 Å². The minimum atomic E-state index is -0.145. The summed E-state index contributed by atoms with van der Waals surface area (Å²) in [7, 11) is 0. The van der Waals surface area contributed by atoms with Gasteiger partial charge in [-0.2, -0.15) is 0 Å². The van der Waals surface area contributed by atoms with E-state index in [1.807, 2.05) is 6.92 Å². The highest BCUT2D eigenvalue weighted by Crippen LogP contribution is 2.37. The van der Waals surface area contributed by atoms with Gasteiger partial charge in [0.15, 0.2) is 0 Å². The fourth-order valence-electron chi connectivity index (χ4n) is 1.61. The Morgan fingerprint density at radius 3 is 2.84 bits per heavy atom. The highest BCUT2D eigenvalue weighted by atomic mass is 79.9. The van der Waals surface area contributed by atoms with E-state index in [-0.39, 0.29) is 16.7 Å². The summed E-state index contributed by atoms with van der Waals surface area (Å²) in [5.41, 5.74) is 0.482. The lowest BCUT2D eigenvalue weighted by Gasteiger charge is -2.09. The predicted octanol–water partition coefficient (Wildman–Crippen LogP) is 4.03. The number of phenolic OH excluding ortho intramolecular Hbond substituents is 1. The number of thioether (sulfide) groups is 1. The van der Waals surface area contributed by atoms with Gasteiger partial charge < -0.3 is 5.11 Å². The Bertz CT molecular complexity index is 604. The highest BCUT2D eigenvalue weighted by Gasteiger charge is 2.30. The maximum absolute atomic E-state index is 12.1. The molecule has 3 nitrogen and oxygen atoms in total. The van der Waals surface area contributed by atoms with E-state index in [1.165, 1.54) is 16.7 Å². The molecule has 0 spiro atoms. The van der Waals surface area contributed by atoms with Gasteiger partial charge in [-0.25, -0.2) is 0 Å². The van der Waals surface area contributed by atoms with Gasteiger partial charge in [-0.3, -0.25) is 9.69 Å². The van der Waals surface area contributed by atoms with Crippen LogP contribution in [0.15, 0.2) is 21.5 Å². The van der Waals surface area contributed by atoms with Gasteiger partial charge in [0.05, 0.1) is 9.93 Å². The second-order valence-corrected chi connectivity index (χ2v) is 6.75. The van der Waals surface area contributed by atoms with E-state index in [9.17, 15) is 9.90 Å². The summed E-state index contributed by atoms with van der Waals surface area (Å²) >= 11 is 15.5.